The maximum atomic E-state index is 12.6. The summed E-state index contributed by atoms with van der Waals surface area (Å²) in [6, 6.07) is 20.3. The van der Waals surface area contributed by atoms with Gasteiger partial charge in [-0.1, -0.05) is 48.5 Å². The second kappa shape index (κ2) is 7.91. The van der Waals surface area contributed by atoms with Gasteiger partial charge in [0.2, 0.25) is 5.82 Å². The molecule has 0 bridgehead atoms. The average Bonchev–Trinajstić information content (AvgIpc) is 3.44. The van der Waals surface area contributed by atoms with Gasteiger partial charge < -0.3 is 10.3 Å². The maximum absolute atomic E-state index is 12.6. The fourth-order valence-electron chi connectivity index (χ4n) is 4.00. The Morgan fingerprint density at radius 3 is 2.80 bits per heavy atom. The van der Waals surface area contributed by atoms with E-state index in [0.717, 1.165) is 24.0 Å². The monoisotopic (exact) mass is 395 g/mol. The minimum absolute atomic E-state index is 0.175. The van der Waals surface area contributed by atoms with Gasteiger partial charge in [-0.2, -0.15) is 0 Å². The van der Waals surface area contributed by atoms with Crippen LogP contribution in [0, 0.1) is 0 Å². The van der Waals surface area contributed by atoms with Crippen molar-refractivity contribution in [1.29, 1.82) is 0 Å². The van der Waals surface area contributed by atoms with Crippen molar-refractivity contribution in [2.24, 2.45) is 0 Å². The highest BCUT2D eigenvalue weighted by molar-refractivity contribution is 6.01. The molecule has 5 rings (SSSR count). The van der Waals surface area contributed by atoms with Gasteiger partial charge in [-0.15, -0.1) is 10.2 Å². The van der Waals surface area contributed by atoms with Gasteiger partial charge >= 0.3 is 0 Å². The molecule has 0 saturated heterocycles. The number of benzene rings is 2. The van der Waals surface area contributed by atoms with Crippen LogP contribution in [0.3, 0.4) is 0 Å². The van der Waals surface area contributed by atoms with E-state index >= 15 is 0 Å². The second-order valence-electron chi connectivity index (χ2n) is 7.46. The minimum atomic E-state index is -0.357. The maximum Gasteiger partial charge on any atom is 0.294 e. The molecule has 0 aliphatic heterocycles. The Labute approximate surface area is 174 Å². The number of aryl methyl sites for hydroxylation is 1. The van der Waals surface area contributed by atoms with Crippen molar-refractivity contribution in [2.45, 2.75) is 25.7 Å². The van der Waals surface area contributed by atoms with Gasteiger partial charge in [-0.3, -0.25) is 4.79 Å². The summed E-state index contributed by atoms with van der Waals surface area (Å²) in [5, 5.41) is 10.9. The van der Waals surface area contributed by atoms with Gasteiger partial charge in [0.1, 0.15) is 11.6 Å². The first-order valence-corrected chi connectivity index (χ1v) is 10.1. The van der Waals surface area contributed by atoms with Crippen LogP contribution in [-0.2, 0) is 19.3 Å². The summed E-state index contributed by atoms with van der Waals surface area (Å²) in [6.07, 6.45) is 5.73. The molecular formula is C24H21N5O. The fraction of sp³-hybridized carbons (Fsp3) is 0.167. The van der Waals surface area contributed by atoms with Crippen molar-refractivity contribution in [3.63, 3.8) is 0 Å². The van der Waals surface area contributed by atoms with Crippen LogP contribution in [0.15, 0.2) is 66.9 Å². The van der Waals surface area contributed by atoms with Gasteiger partial charge in [-0.05, 0) is 59.2 Å². The molecule has 2 aromatic carbocycles. The van der Waals surface area contributed by atoms with Gasteiger partial charge in [0, 0.05) is 12.6 Å². The van der Waals surface area contributed by atoms with Crippen LogP contribution in [0.4, 0.5) is 5.82 Å². The number of nitrogens with one attached hydrogen (secondary N) is 2. The smallest absolute Gasteiger partial charge is 0.294 e. The summed E-state index contributed by atoms with van der Waals surface area (Å²) < 4.78 is 0. The zero-order valence-corrected chi connectivity index (χ0v) is 16.4. The van der Waals surface area contributed by atoms with Crippen LogP contribution in [0.2, 0.25) is 0 Å². The number of fused-ring (bicyclic) bond motifs is 1. The lowest BCUT2D eigenvalue weighted by molar-refractivity contribution is 0.101. The Bertz CT molecular complexity index is 1200. The molecule has 0 radical (unpaired) electrons. The summed E-state index contributed by atoms with van der Waals surface area (Å²) in [6.45, 7) is 0. The molecule has 0 spiro atoms. The van der Waals surface area contributed by atoms with Crippen LogP contribution in [-0.4, -0.2) is 26.1 Å². The number of carbonyl (C=O) groups excluding carboxylic acids is 1. The predicted molar refractivity (Wildman–Crippen MR) is 115 cm³/mol. The number of H-pyrrole nitrogens is 1. The Kier molecular flexibility index (Phi) is 4.81. The fourth-order valence-corrected chi connectivity index (χ4v) is 4.00. The number of aromatic amines is 1. The average molecular weight is 395 g/mol. The Morgan fingerprint density at radius 1 is 1.00 bits per heavy atom. The van der Waals surface area contributed by atoms with Crippen molar-refractivity contribution in [2.75, 3.05) is 5.32 Å². The number of pyridine rings is 1. The summed E-state index contributed by atoms with van der Waals surface area (Å²) in [7, 11) is 0. The molecule has 0 saturated carbocycles. The topological polar surface area (TPSA) is 83.6 Å². The van der Waals surface area contributed by atoms with E-state index in [1.807, 2.05) is 42.5 Å². The van der Waals surface area contributed by atoms with Crippen LogP contribution >= 0.6 is 0 Å². The molecule has 1 aliphatic carbocycles. The minimum Gasteiger partial charge on any atom is -0.321 e. The third-order valence-corrected chi connectivity index (χ3v) is 5.42. The number of hydrogen-bond acceptors (Lipinski definition) is 4. The molecule has 148 valence electrons. The lowest BCUT2D eigenvalue weighted by Gasteiger charge is -2.10. The number of carbonyl (C=O) groups is 1. The van der Waals surface area contributed by atoms with Gasteiger partial charge in [0.15, 0.2) is 0 Å². The van der Waals surface area contributed by atoms with Crippen molar-refractivity contribution in [1.82, 2.24) is 20.2 Å². The predicted octanol–water partition coefficient (Wildman–Crippen LogP) is 4.20. The Balaban J connectivity index is 1.33. The van der Waals surface area contributed by atoms with E-state index in [1.165, 1.54) is 23.1 Å². The van der Waals surface area contributed by atoms with Crippen molar-refractivity contribution >= 4 is 11.7 Å². The summed E-state index contributed by atoms with van der Waals surface area (Å²) in [4.78, 5) is 19.9. The molecule has 2 aromatic heterocycles. The number of aromatic nitrogens is 4. The lowest BCUT2D eigenvalue weighted by atomic mass is 9.97. The van der Waals surface area contributed by atoms with Crippen molar-refractivity contribution in [3.8, 4) is 11.1 Å². The van der Waals surface area contributed by atoms with E-state index in [2.05, 4.69) is 43.7 Å². The number of rotatable bonds is 5. The molecule has 6 heteroatoms. The van der Waals surface area contributed by atoms with Crippen molar-refractivity contribution < 1.29 is 4.79 Å². The molecule has 6 nitrogen and oxygen atoms in total. The third kappa shape index (κ3) is 3.72. The Hall–Kier alpha value is -3.80. The largest absolute Gasteiger partial charge is 0.321 e. The van der Waals surface area contributed by atoms with Crippen LogP contribution in [0.25, 0.3) is 11.1 Å². The SMILES string of the molecule is O=C(Nc1cc(-c2cccc3c2CCC3)ccn1)c1nnc(Cc2ccccc2)[nH]1. The highest BCUT2D eigenvalue weighted by Gasteiger charge is 2.17. The molecule has 0 fully saturated rings. The first-order chi connectivity index (χ1) is 14.8. The summed E-state index contributed by atoms with van der Waals surface area (Å²) in [5.41, 5.74) is 6.20. The quantitative estimate of drug-likeness (QED) is 0.530. The van der Waals surface area contributed by atoms with E-state index in [-0.39, 0.29) is 11.7 Å². The number of amides is 1. The van der Waals surface area contributed by atoms with Crippen LogP contribution < -0.4 is 5.32 Å². The first kappa shape index (κ1) is 18.2. The van der Waals surface area contributed by atoms with Gasteiger partial charge in [-0.25, -0.2) is 4.98 Å². The van der Waals surface area contributed by atoms with Crippen molar-refractivity contribution in [3.05, 3.63) is 95.2 Å². The van der Waals surface area contributed by atoms with Gasteiger partial charge in [0.25, 0.3) is 5.91 Å². The summed E-state index contributed by atoms with van der Waals surface area (Å²) >= 11 is 0. The molecule has 2 heterocycles. The zero-order valence-electron chi connectivity index (χ0n) is 16.4. The lowest BCUT2D eigenvalue weighted by Crippen LogP contribution is -2.14. The van der Waals surface area contributed by atoms with Gasteiger partial charge in [0.05, 0.1) is 0 Å². The summed E-state index contributed by atoms with van der Waals surface area (Å²) in [5.74, 6) is 0.959. The highest BCUT2D eigenvalue weighted by Crippen LogP contribution is 2.32. The Morgan fingerprint density at radius 2 is 1.90 bits per heavy atom. The van der Waals surface area contributed by atoms with E-state index in [1.54, 1.807) is 6.20 Å². The molecule has 4 aromatic rings. The molecular weight excluding hydrogens is 374 g/mol. The second-order valence-corrected chi connectivity index (χ2v) is 7.46. The van der Waals surface area contributed by atoms with E-state index in [9.17, 15) is 4.79 Å². The standard InChI is InChI=1S/C24H21N5O/c30-24(23-26-22(28-29-23)14-16-6-2-1-3-7-16)27-21-15-18(12-13-25-21)20-11-5-9-17-8-4-10-19(17)20/h1-3,5-7,9,11-13,15H,4,8,10,14H2,(H,25,27,30)(H,26,28,29). The van der Waals surface area contributed by atoms with E-state index in [4.69, 9.17) is 0 Å². The molecule has 1 amide bonds. The molecule has 1 aliphatic rings. The van der Waals surface area contributed by atoms with E-state index in [0.29, 0.717) is 18.1 Å². The first-order valence-electron chi connectivity index (χ1n) is 10.1. The van der Waals surface area contributed by atoms with E-state index < -0.39 is 0 Å². The van der Waals surface area contributed by atoms with Crippen LogP contribution in [0.1, 0.15) is 39.6 Å². The number of nitrogens with zero attached hydrogens (tertiary/aromatic N) is 3. The molecule has 0 atom stereocenters. The third-order valence-electron chi connectivity index (χ3n) is 5.42. The normalized spacial score (nSPS) is 12.5. The van der Waals surface area contributed by atoms with Crippen LogP contribution in [0.5, 0.6) is 0 Å². The number of anilines is 1. The molecule has 30 heavy (non-hydrogen) atoms. The zero-order chi connectivity index (χ0) is 20.3. The molecule has 2 N–H and O–H groups in total. The highest BCUT2D eigenvalue weighted by atomic mass is 16.2. The molecule has 0 unspecified atom stereocenters. The number of hydrogen-bond donors (Lipinski definition) is 2.